The van der Waals surface area contributed by atoms with Crippen molar-refractivity contribution in [3.63, 3.8) is 0 Å². The van der Waals surface area contributed by atoms with Gasteiger partial charge in [0.1, 0.15) is 0 Å². The highest BCUT2D eigenvalue weighted by Crippen LogP contribution is 2.19. The van der Waals surface area contributed by atoms with Crippen LogP contribution in [0.5, 0.6) is 0 Å². The average Bonchev–Trinajstić information content (AvgIpc) is 2.61. The smallest absolute Gasteiger partial charge is 0.317 e. The van der Waals surface area contributed by atoms with Crippen LogP contribution < -0.4 is 5.32 Å². The van der Waals surface area contributed by atoms with Crippen molar-refractivity contribution in [2.24, 2.45) is 0 Å². The lowest BCUT2D eigenvalue weighted by molar-refractivity contribution is 0.205. The SMILES string of the molecule is CN(Cc1ccccc1Cl)C(=O)NCC(CCO)c1ccccc1. The lowest BCUT2D eigenvalue weighted by atomic mass is 9.96. The van der Waals surface area contributed by atoms with Gasteiger partial charge in [-0.15, -0.1) is 0 Å². The lowest BCUT2D eigenvalue weighted by Gasteiger charge is -2.22. The molecule has 5 heteroatoms. The maximum Gasteiger partial charge on any atom is 0.317 e. The Bertz CT molecular complexity index is 649. The molecule has 2 amide bonds. The molecule has 0 aromatic heterocycles. The highest BCUT2D eigenvalue weighted by atomic mass is 35.5. The minimum Gasteiger partial charge on any atom is -0.396 e. The molecule has 0 radical (unpaired) electrons. The summed E-state index contributed by atoms with van der Waals surface area (Å²) in [5.41, 5.74) is 2.02. The van der Waals surface area contributed by atoms with Crippen molar-refractivity contribution >= 4 is 17.6 Å². The first kappa shape index (κ1) is 18.3. The van der Waals surface area contributed by atoms with Gasteiger partial charge in [-0.2, -0.15) is 0 Å². The van der Waals surface area contributed by atoms with E-state index in [4.69, 9.17) is 11.6 Å². The lowest BCUT2D eigenvalue weighted by Crippen LogP contribution is -2.39. The quantitative estimate of drug-likeness (QED) is 0.804. The minimum absolute atomic E-state index is 0.0882. The highest BCUT2D eigenvalue weighted by Gasteiger charge is 2.15. The molecule has 2 N–H and O–H groups in total. The molecule has 0 heterocycles. The van der Waals surface area contributed by atoms with Crippen LogP contribution in [0, 0.1) is 0 Å². The van der Waals surface area contributed by atoms with Crippen LogP contribution >= 0.6 is 11.6 Å². The van der Waals surface area contributed by atoms with Crippen LogP contribution in [-0.2, 0) is 6.54 Å². The summed E-state index contributed by atoms with van der Waals surface area (Å²) in [5, 5.41) is 12.9. The van der Waals surface area contributed by atoms with Gasteiger partial charge in [0.05, 0.1) is 0 Å². The topological polar surface area (TPSA) is 52.6 Å². The Morgan fingerprint density at radius 3 is 2.50 bits per heavy atom. The van der Waals surface area contributed by atoms with E-state index in [1.54, 1.807) is 11.9 Å². The number of aliphatic hydroxyl groups excluding tert-OH is 1. The van der Waals surface area contributed by atoms with E-state index in [2.05, 4.69) is 5.32 Å². The third-order valence-corrected chi connectivity index (χ3v) is 4.33. The summed E-state index contributed by atoms with van der Waals surface area (Å²) >= 11 is 6.14. The number of aliphatic hydroxyl groups is 1. The molecule has 2 aromatic rings. The second-order valence-electron chi connectivity index (χ2n) is 5.75. The summed E-state index contributed by atoms with van der Waals surface area (Å²) in [6, 6.07) is 17.2. The third-order valence-electron chi connectivity index (χ3n) is 3.96. The number of nitrogens with one attached hydrogen (secondary N) is 1. The Morgan fingerprint density at radius 2 is 1.83 bits per heavy atom. The van der Waals surface area contributed by atoms with Crippen molar-refractivity contribution in [2.45, 2.75) is 18.9 Å². The van der Waals surface area contributed by atoms with Gasteiger partial charge < -0.3 is 15.3 Å². The van der Waals surface area contributed by atoms with Crippen molar-refractivity contribution in [2.75, 3.05) is 20.2 Å². The van der Waals surface area contributed by atoms with E-state index >= 15 is 0 Å². The van der Waals surface area contributed by atoms with Crippen LogP contribution in [0.1, 0.15) is 23.5 Å². The second kappa shape index (κ2) is 9.30. The summed E-state index contributed by atoms with van der Waals surface area (Å²) in [7, 11) is 1.74. The summed E-state index contributed by atoms with van der Waals surface area (Å²) in [6.07, 6.45) is 0.610. The number of carbonyl (C=O) groups is 1. The Kier molecular flexibility index (Phi) is 7.09. The van der Waals surface area contributed by atoms with E-state index < -0.39 is 0 Å². The molecule has 0 aliphatic rings. The van der Waals surface area contributed by atoms with E-state index in [1.807, 2.05) is 54.6 Å². The van der Waals surface area contributed by atoms with Gasteiger partial charge in [0.25, 0.3) is 0 Å². The number of amides is 2. The van der Waals surface area contributed by atoms with Crippen molar-refractivity contribution in [1.82, 2.24) is 10.2 Å². The Balaban J connectivity index is 1.92. The summed E-state index contributed by atoms with van der Waals surface area (Å²) in [4.78, 5) is 13.9. The third kappa shape index (κ3) is 5.25. The number of rotatable bonds is 7. The zero-order valence-electron chi connectivity index (χ0n) is 13.8. The van der Waals surface area contributed by atoms with Crippen molar-refractivity contribution in [1.29, 1.82) is 0 Å². The van der Waals surface area contributed by atoms with Crippen LogP contribution in [-0.4, -0.2) is 36.2 Å². The zero-order valence-corrected chi connectivity index (χ0v) is 14.5. The number of nitrogens with zero attached hydrogens (tertiary/aromatic N) is 1. The fraction of sp³-hybridized carbons (Fsp3) is 0.316. The highest BCUT2D eigenvalue weighted by molar-refractivity contribution is 6.31. The van der Waals surface area contributed by atoms with E-state index in [1.165, 1.54) is 0 Å². The van der Waals surface area contributed by atoms with Gasteiger partial charge in [-0.3, -0.25) is 0 Å². The predicted octanol–water partition coefficient (Wildman–Crippen LogP) is 3.65. The second-order valence-corrected chi connectivity index (χ2v) is 6.16. The first-order valence-corrected chi connectivity index (χ1v) is 8.37. The molecule has 4 nitrogen and oxygen atoms in total. The van der Waals surface area contributed by atoms with Gasteiger partial charge in [0.2, 0.25) is 0 Å². The Labute approximate surface area is 148 Å². The Morgan fingerprint density at radius 1 is 1.17 bits per heavy atom. The number of benzene rings is 2. The first-order chi connectivity index (χ1) is 11.6. The van der Waals surface area contributed by atoms with Crippen molar-refractivity contribution in [3.8, 4) is 0 Å². The molecule has 2 aromatic carbocycles. The minimum atomic E-state index is -0.159. The van der Waals surface area contributed by atoms with E-state index in [9.17, 15) is 9.90 Å². The van der Waals surface area contributed by atoms with Crippen LogP contribution in [0.3, 0.4) is 0 Å². The molecule has 128 valence electrons. The normalized spacial score (nSPS) is 11.8. The maximum absolute atomic E-state index is 12.3. The van der Waals surface area contributed by atoms with E-state index in [0.29, 0.717) is 24.5 Å². The monoisotopic (exact) mass is 346 g/mol. The first-order valence-electron chi connectivity index (χ1n) is 8.00. The number of carbonyl (C=O) groups excluding carboxylic acids is 1. The van der Waals surface area contributed by atoms with Crippen LogP contribution in [0.2, 0.25) is 5.02 Å². The van der Waals surface area contributed by atoms with Crippen molar-refractivity contribution in [3.05, 3.63) is 70.7 Å². The van der Waals surface area contributed by atoms with E-state index in [0.717, 1.165) is 11.1 Å². The Hall–Kier alpha value is -2.04. The molecule has 0 fully saturated rings. The van der Waals surface area contributed by atoms with Crippen LogP contribution in [0.15, 0.2) is 54.6 Å². The van der Waals surface area contributed by atoms with Crippen LogP contribution in [0.4, 0.5) is 4.79 Å². The van der Waals surface area contributed by atoms with Gasteiger partial charge in [0, 0.05) is 37.7 Å². The molecule has 1 atom stereocenters. The predicted molar refractivity (Wildman–Crippen MR) is 97.2 cm³/mol. The molecular formula is C19H23ClN2O2. The van der Waals surface area contributed by atoms with Crippen molar-refractivity contribution < 1.29 is 9.90 Å². The van der Waals surface area contributed by atoms with Gasteiger partial charge in [-0.05, 0) is 23.6 Å². The summed E-state index contributed by atoms with van der Waals surface area (Å²) in [5.74, 6) is 0.0915. The van der Waals surface area contributed by atoms with Crippen LogP contribution in [0.25, 0.3) is 0 Å². The standard InChI is InChI=1S/C19H23ClN2O2/c1-22(14-17-9-5-6-10-18(17)20)19(24)21-13-16(11-12-23)15-7-3-2-4-8-15/h2-10,16,23H,11-14H2,1H3,(H,21,24). The van der Waals surface area contributed by atoms with E-state index in [-0.39, 0.29) is 18.6 Å². The number of urea groups is 1. The molecular weight excluding hydrogens is 324 g/mol. The number of halogens is 1. The zero-order chi connectivity index (χ0) is 17.4. The molecule has 0 spiro atoms. The maximum atomic E-state index is 12.3. The molecule has 0 aliphatic heterocycles. The average molecular weight is 347 g/mol. The molecule has 0 aliphatic carbocycles. The molecule has 0 bridgehead atoms. The van der Waals surface area contributed by atoms with Gasteiger partial charge in [0.15, 0.2) is 0 Å². The fourth-order valence-corrected chi connectivity index (χ4v) is 2.76. The number of hydrogen-bond donors (Lipinski definition) is 2. The van der Waals surface area contributed by atoms with Gasteiger partial charge in [-0.1, -0.05) is 60.1 Å². The van der Waals surface area contributed by atoms with Gasteiger partial charge in [-0.25, -0.2) is 4.79 Å². The molecule has 0 saturated heterocycles. The molecule has 2 rings (SSSR count). The fourth-order valence-electron chi connectivity index (χ4n) is 2.57. The number of hydrogen-bond acceptors (Lipinski definition) is 2. The van der Waals surface area contributed by atoms with Gasteiger partial charge >= 0.3 is 6.03 Å². The molecule has 1 unspecified atom stereocenters. The summed E-state index contributed by atoms with van der Waals surface area (Å²) in [6.45, 7) is 1.02. The largest absolute Gasteiger partial charge is 0.396 e. The molecule has 0 saturated carbocycles. The molecule has 24 heavy (non-hydrogen) atoms. The summed E-state index contributed by atoms with van der Waals surface area (Å²) < 4.78 is 0.